The van der Waals surface area contributed by atoms with Gasteiger partial charge in [0.1, 0.15) is 18.0 Å². The molecule has 0 bridgehead atoms. The van der Waals surface area contributed by atoms with Gasteiger partial charge in [-0.05, 0) is 0 Å². The molecule has 84 valence electrons. The highest BCUT2D eigenvalue weighted by Crippen LogP contribution is 2.31. The third-order valence-electron chi connectivity index (χ3n) is 1.88. The first-order chi connectivity index (χ1) is 7.52. The third-order valence-corrected chi connectivity index (χ3v) is 1.88. The SMILES string of the molecule is N#Cc1ncc([N+](=O)[O-])c(CO)c1C(F)F. The van der Waals surface area contributed by atoms with Crippen molar-refractivity contribution in [2.75, 3.05) is 0 Å². The number of rotatable bonds is 3. The van der Waals surface area contributed by atoms with Gasteiger partial charge in [-0.25, -0.2) is 13.8 Å². The molecule has 0 aliphatic carbocycles. The topological polar surface area (TPSA) is 100 Å². The van der Waals surface area contributed by atoms with Gasteiger partial charge in [0.15, 0.2) is 0 Å². The quantitative estimate of drug-likeness (QED) is 0.621. The van der Waals surface area contributed by atoms with Crippen molar-refractivity contribution in [1.82, 2.24) is 4.98 Å². The molecule has 0 unspecified atom stereocenters. The minimum absolute atomic E-state index is 0.577. The molecule has 0 fully saturated rings. The number of nitriles is 1. The summed E-state index contributed by atoms with van der Waals surface area (Å²) in [5.41, 5.74) is -2.81. The molecule has 16 heavy (non-hydrogen) atoms. The van der Waals surface area contributed by atoms with E-state index in [2.05, 4.69) is 4.98 Å². The summed E-state index contributed by atoms with van der Waals surface area (Å²) < 4.78 is 25.2. The van der Waals surface area contributed by atoms with Crippen molar-refractivity contribution in [2.24, 2.45) is 0 Å². The van der Waals surface area contributed by atoms with Crippen LogP contribution < -0.4 is 0 Å². The maximum Gasteiger partial charge on any atom is 0.293 e. The van der Waals surface area contributed by atoms with E-state index in [1.165, 1.54) is 6.07 Å². The van der Waals surface area contributed by atoms with Crippen molar-refractivity contribution in [2.45, 2.75) is 13.0 Å². The molecule has 0 aliphatic rings. The minimum Gasteiger partial charge on any atom is -0.391 e. The average molecular weight is 229 g/mol. The Morgan fingerprint density at radius 1 is 1.69 bits per heavy atom. The highest BCUT2D eigenvalue weighted by Gasteiger charge is 2.26. The second-order valence-electron chi connectivity index (χ2n) is 2.71. The van der Waals surface area contributed by atoms with Crippen molar-refractivity contribution in [3.05, 3.63) is 33.1 Å². The number of aliphatic hydroxyl groups is 1. The molecular formula is C8H5F2N3O3. The molecule has 8 heteroatoms. The van der Waals surface area contributed by atoms with E-state index in [4.69, 9.17) is 10.4 Å². The van der Waals surface area contributed by atoms with Crippen LogP contribution in [0.25, 0.3) is 0 Å². The summed E-state index contributed by atoms with van der Waals surface area (Å²) in [6.07, 6.45) is -2.43. The lowest BCUT2D eigenvalue weighted by Gasteiger charge is -2.07. The Labute approximate surface area is 87.9 Å². The summed E-state index contributed by atoms with van der Waals surface area (Å²) in [5, 5.41) is 27.8. The van der Waals surface area contributed by atoms with E-state index in [-0.39, 0.29) is 0 Å². The molecule has 6 nitrogen and oxygen atoms in total. The molecule has 0 radical (unpaired) electrons. The predicted octanol–water partition coefficient (Wildman–Crippen LogP) is 1.29. The van der Waals surface area contributed by atoms with Gasteiger partial charge in [-0.3, -0.25) is 10.1 Å². The summed E-state index contributed by atoms with van der Waals surface area (Å²) >= 11 is 0. The Morgan fingerprint density at radius 3 is 2.69 bits per heavy atom. The number of nitrogens with zero attached hydrogens (tertiary/aromatic N) is 3. The molecule has 1 N–H and O–H groups in total. The van der Waals surface area contributed by atoms with Gasteiger partial charge in [-0.15, -0.1) is 0 Å². The molecule has 0 atom stereocenters. The third kappa shape index (κ3) is 1.94. The summed E-state index contributed by atoms with van der Waals surface area (Å²) in [6, 6.07) is 1.39. The van der Waals surface area contributed by atoms with Crippen LogP contribution in [0.2, 0.25) is 0 Å². The van der Waals surface area contributed by atoms with Crippen LogP contribution in [0.3, 0.4) is 0 Å². The van der Waals surface area contributed by atoms with E-state index < -0.39 is 40.5 Å². The first-order valence-corrected chi connectivity index (χ1v) is 3.98. The van der Waals surface area contributed by atoms with Crippen LogP contribution in [0.4, 0.5) is 14.5 Å². The van der Waals surface area contributed by atoms with E-state index in [9.17, 15) is 18.9 Å². The van der Waals surface area contributed by atoms with E-state index in [1.54, 1.807) is 0 Å². The zero-order chi connectivity index (χ0) is 12.3. The Balaban J connectivity index is 3.57. The fourth-order valence-corrected chi connectivity index (χ4v) is 1.20. The van der Waals surface area contributed by atoms with Crippen LogP contribution in [0.1, 0.15) is 23.2 Å². The van der Waals surface area contributed by atoms with Crippen molar-refractivity contribution >= 4 is 5.69 Å². The fraction of sp³-hybridized carbons (Fsp3) is 0.250. The second kappa shape index (κ2) is 4.59. The number of halogens is 2. The van der Waals surface area contributed by atoms with Gasteiger partial charge in [0.25, 0.3) is 12.1 Å². The number of hydrogen-bond donors (Lipinski definition) is 1. The summed E-state index contributed by atoms with van der Waals surface area (Å²) in [4.78, 5) is 12.8. The molecule has 0 saturated carbocycles. The highest BCUT2D eigenvalue weighted by molar-refractivity contribution is 5.49. The summed E-state index contributed by atoms with van der Waals surface area (Å²) in [6.45, 7) is -0.951. The monoisotopic (exact) mass is 229 g/mol. The Kier molecular flexibility index (Phi) is 3.42. The molecule has 0 spiro atoms. The average Bonchev–Trinajstić information content (AvgIpc) is 2.26. The number of hydrogen-bond acceptors (Lipinski definition) is 5. The zero-order valence-electron chi connectivity index (χ0n) is 7.72. The van der Waals surface area contributed by atoms with Crippen LogP contribution in [-0.2, 0) is 6.61 Å². The van der Waals surface area contributed by atoms with Gasteiger partial charge >= 0.3 is 0 Å². The summed E-state index contributed by atoms with van der Waals surface area (Å²) in [7, 11) is 0. The molecule has 1 aromatic heterocycles. The Hall–Kier alpha value is -2.14. The minimum atomic E-state index is -3.11. The Morgan fingerprint density at radius 2 is 2.31 bits per heavy atom. The highest BCUT2D eigenvalue weighted by atomic mass is 19.3. The Bertz CT molecular complexity index is 470. The number of aliphatic hydroxyl groups excluding tert-OH is 1. The van der Waals surface area contributed by atoms with Crippen LogP contribution in [0, 0.1) is 21.4 Å². The normalized spacial score (nSPS) is 10.2. The van der Waals surface area contributed by atoms with Crippen LogP contribution in [0.5, 0.6) is 0 Å². The van der Waals surface area contributed by atoms with E-state index >= 15 is 0 Å². The molecule has 0 saturated heterocycles. The lowest BCUT2D eigenvalue weighted by Crippen LogP contribution is -2.06. The largest absolute Gasteiger partial charge is 0.391 e. The number of pyridine rings is 1. The van der Waals surface area contributed by atoms with Crippen molar-refractivity contribution in [3.63, 3.8) is 0 Å². The van der Waals surface area contributed by atoms with Crippen LogP contribution >= 0.6 is 0 Å². The molecule has 0 aliphatic heterocycles. The first kappa shape index (κ1) is 11.9. The molecule has 1 aromatic rings. The van der Waals surface area contributed by atoms with Gasteiger partial charge in [0, 0.05) is 0 Å². The smallest absolute Gasteiger partial charge is 0.293 e. The lowest BCUT2D eigenvalue weighted by molar-refractivity contribution is -0.386. The molecule has 0 amide bonds. The van der Waals surface area contributed by atoms with E-state index in [0.29, 0.717) is 6.20 Å². The van der Waals surface area contributed by atoms with Crippen LogP contribution in [0.15, 0.2) is 6.20 Å². The van der Waals surface area contributed by atoms with Gasteiger partial charge < -0.3 is 5.11 Å². The standard InChI is InChI=1S/C8H5F2N3O3/c9-8(10)7-4(3-14)6(13(15)16)2-12-5(7)1-11/h2,8,14H,3H2. The second-order valence-corrected chi connectivity index (χ2v) is 2.71. The predicted molar refractivity (Wildman–Crippen MR) is 46.5 cm³/mol. The summed E-state index contributed by atoms with van der Waals surface area (Å²) in [5.74, 6) is 0. The van der Waals surface area contributed by atoms with Crippen LogP contribution in [-0.4, -0.2) is 15.0 Å². The first-order valence-electron chi connectivity index (χ1n) is 3.98. The van der Waals surface area contributed by atoms with Gasteiger partial charge in [-0.2, -0.15) is 5.26 Å². The maximum atomic E-state index is 12.6. The lowest BCUT2D eigenvalue weighted by atomic mass is 10.1. The molecule has 1 heterocycles. The van der Waals surface area contributed by atoms with Crippen molar-refractivity contribution in [1.29, 1.82) is 5.26 Å². The molecule has 1 rings (SSSR count). The molecule has 0 aromatic carbocycles. The molecular weight excluding hydrogens is 224 g/mol. The maximum absolute atomic E-state index is 12.6. The van der Waals surface area contributed by atoms with Gasteiger partial charge in [0.2, 0.25) is 0 Å². The number of nitro groups is 1. The van der Waals surface area contributed by atoms with Gasteiger partial charge in [-0.1, -0.05) is 0 Å². The van der Waals surface area contributed by atoms with E-state index in [1.807, 2.05) is 0 Å². The van der Waals surface area contributed by atoms with E-state index in [0.717, 1.165) is 0 Å². The zero-order valence-corrected chi connectivity index (χ0v) is 7.72. The number of alkyl halides is 2. The van der Waals surface area contributed by atoms with Gasteiger partial charge in [0.05, 0.1) is 22.7 Å². The van der Waals surface area contributed by atoms with Crippen molar-refractivity contribution in [3.8, 4) is 6.07 Å². The van der Waals surface area contributed by atoms with Crippen molar-refractivity contribution < 1.29 is 18.8 Å². The fourth-order valence-electron chi connectivity index (χ4n) is 1.20. The number of aromatic nitrogens is 1.